The molecule has 2 heterocycles. The molecule has 0 unspecified atom stereocenters. The number of carbonyl (C=O) groups excluding carboxylic acids is 1. The van der Waals surface area contributed by atoms with Crippen LogP contribution in [0.5, 0.6) is 0 Å². The molecular formula is C24H20BrN3O4. The first-order valence-corrected chi connectivity index (χ1v) is 10.6. The van der Waals surface area contributed by atoms with Crippen molar-refractivity contribution >= 4 is 45.0 Å². The van der Waals surface area contributed by atoms with Gasteiger partial charge in [0, 0.05) is 32.5 Å². The van der Waals surface area contributed by atoms with Gasteiger partial charge in [-0.05, 0) is 68.8 Å². The Hall–Kier alpha value is -3.65. The van der Waals surface area contributed by atoms with Crippen molar-refractivity contribution in [2.24, 2.45) is 5.10 Å². The van der Waals surface area contributed by atoms with Crippen LogP contribution in [-0.2, 0) is 0 Å². The van der Waals surface area contributed by atoms with Crippen molar-refractivity contribution in [2.75, 3.05) is 0 Å². The molecule has 0 aliphatic heterocycles. The summed E-state index contributed by atoms with van der Waals surface area (Å²) in [4.78, 5) is 23.9. The molecule has 0 aliphatic carbocycles. The van der Waals surface area contributed by atoms with Crippen molar-refractivity contribution in [3.05, 3.63) is 86.8 Å². The first-order chi connectivity index (χ1) is 15.3. The van der Waals surface area contributed by atoms with E-state index in [0.717, 1.165) is 32.5 Å². The van der Waals surface area contributed by atoms with Crippen molar-refractivity contribution in [2.45, 2.75) is 20.8 Å². The van der Waals surface area contributed by atoms with Gasteiger partial charge in [0.05, 0.1) is 11.8 Å². The highest BCUT2D eigenvalue weighted by Gasteiger charge is 2.16. The molecule has 0 fully saturated rings. The normalized spacial score (nSPS) is 11.4. The maximum absolute atomic E-state index is 12.4. The molecule has 0 aliphatic rings. The van der Waals surface area contributed by atoms with Crippen LogP contribution in [-0.4, -0.2) is 27.8 Å². The number of hydrogen-bond donors (Lipinski definition) is 2. The van der Waals surface area contributed by atoms with Crippen molar-refractivity contribution < 1.29 is 19.1 Å². The summed E-state index contributed by atoms with van der Waals surface area (Å²) in [5.74, 6) is -1.25. The highest BCUT2D eigenvalue weighted by molar-refractivity contribution is 9.10. The minimum absolute atomic E-state index is 0.168. The van der Waals surface area contributed by atoms with E-state index in [1.165, 1.54) is 0 Å². The van der Waals surface area contributed by atoms with Crippen LogP contribution in [0.25, 0.3) is 16.7 Å². The van der Waals surface area contributed by atoms with Gasteiger partial charge in [0.1, 0.15) is 5.58 Å². The number of nitrogens with one attached hydrogen (secondary N) is 1. The molecule has 1 amide bonds. The van der Waals surface area contributed by atoms with Gasteiger partial charge in [0.25, 0.3) is 0 Å². The lowest BCUT2D eigenvalue weighted by molar-refractivity contribution is 0.0695. The minimum Gasteiger partial charge on any atom is -0.478 e. The molecule has 2 aromatic heterocycles. The van der Waals surface area contributed by atoms with E-state index in [1.807, 2.05) is 42.7 Å². The standard InChI is InChI=1S/C24H20BrN3O4/c1-13-9-17(15(3)28(13)20-6-4-5-19(14(20)2)24(30)31)12-26-27-23(29)22-11-16-10-18(25)7-8-21(16)32-22/h4-12H,1-3H3,(H,27,29)(H,30,31)/b26-12-. The van der Waals surface area contributed by atoms with Crippen LogP contribution in [0.3, 0.4) is 0 Å². The van der Waals surface area contributed by atoms with Gasteiger partial charge in [-0.15, -0.1) is 0 Å². The van der Waals surface area contributed by atoms with E-state index in [2.05, 4.69) is 26.5 Å². The van der Waals surface area contributed by atoms with Crippen LogP contribution in [0.2, 0.25) is 0 Å². The number of halogens is 1. The largest absolute Gasteiger partial charge is 0.478 e. The van der Waals surface area contributed by atoms with E-state index < -0.39 is 11.9 Å². The minimum atomic E-state index is -0.964. The predicted octanol–water partition coefficient (Wildman–Crippen LogP) is 5.37. The monoisotopic (exact) mass is 493 g/mol. The Bertz CT molecular complexity index is 1400. The summed E-state index contributed by atoms with van der Waals surface area (Å²) >= 11 is 3.40. The molecule has 8 heteroatoms. The molecule has 0 bridgehead atoms. The fourth-order valence-electron chi connectivity index (χ4n) is 3.73. The second-order valence-corrected chi connectivity index (χ2v) is 8.32. The topological polar surface area (TPSA) is 96.8 Å². The number of nitrogens with zero attached hydrogens (tertiary/aromatic N) is 2. The zero-order valence-electron chi connectivity index (χ0n) is 17.6. The van der Waals surface area contributed by atoms with Gasteiger partial charge < -0.3 is 14.1 Å². The zero-order valence-corrected chi connectivity index (χ0v) is 19.2. The SMILES string of the molecule is Cc1c(C(=O)O)cccc1-n1c(C)cc(/C=N\NC(=O)c2cc3cc(Br)ccc3o2)c1C. The lowest BCUT2D eigenvalue weighted by Crippen LogP contribution is -2.16. The second-order valence-electron chi connectivity index (χ2n) is 7.41. The van der Waals surface area contributed by atoms with Crippen molar-refractivity contribution in [3.63, 3.8) is 0 Å². The Balaban J connectivity index is 1.57. The number of carboxylic acids is 1. The summed E-state index contributed by atoms with van der Waals surface area (Å²) in [5.41, 5.74) is 7.43. The van der Waals surface area contributed by atoms with Crippen molar-refractivity contribution in [1.29, 1.82) is 0 Å². The molecule has 32 heavy (non-hydrogen) atoms. The average Bonchev–Trinajstić information content (AvgIpc) is 3.28. The van der Waals surface area contributed by atoms with E-state index in [1.54, 1.807) is 37.4 Å². The predicted molar refractivity (Wildman–Crippen MR) is 126 cm³/mol. The maximum atomic E-state index is 12.4. The number of aromatic carboxylic acids is 1. The summed E-state index contributed by atoms with van der Waals surface area (Å²) in [7, 11) is 0. The van der Waals surface area contributed by atoms with Crippen molar-refractivity contribution in [3.8, 4) is 5.69 Å². The average molecular weight is 494 g/mol. The molecule has 0 saturated carbocycles. The number of carboxylic acid groups (broad SMARTS) is 1. The number of aryl methyl sites for hydroxylation is 1. The Kier molecular flexibility index (Phi) is 5.71. The van der Waals surface area contributed by atoms with E-state index in [9.17, 15) is 14.7 Å². The third kappa shape index (κ3) is 3.97. The van der Waals surface area contributed by atoms with Gasteiger partial charge in [-0.25, -0.2) is 10.2 Å². The first-order valence-electron chi connectivity index (χ1n) is 9.81. The third-order valence-electron chi connectivity index (χ3n) is 5.32. The summed E-state index contributed by atoms with van der Waals surface area (Å²) in [6.07, 6.45) is 1.56. The van der Waals surface area contributed by atoms with Crippen LogP contribution in [0, 0.1) is 20.8 Å². The highest BCUT2D eigenvalue weighted by atomic mass is 79.9. The lowest BCUT2D eigenvalue weighted by atomic mass is 10.1. The molecule has 0 saturated heterocycles. The Morgan fingerprint density at radius 2 is 1.91 bits per heavy atom. The number of rotatable bonds is 5. The van der Waals surface area contributed by atoms with E-state index in [4.69, 9.17) is 4.42 Å². The summed E-state index contributed by atoms with van der Waals surface area (Å²) in [6, 6.07) is 14.3. The third-order valence-corrected chi connectivity index (χ3v) is 5.81. The molecule has 7 nitrogen and oxygen atoms in total. The van der Waals surface area contributed by atoms with Gasteiger partial charge in [-0.3, -0.25) is 4.79 Å². The molecule has 4 aromatic rings. The number of carbonyl (C=O) groups is 2. The smallest absolute Gasteiger partial charge is 0.336 e. The van der Waals surface area contributed by atoms with Crippen LogP contribution >= 0.6 is 15.9 Å². The molecule has 4 rings (SSSR count). The Labute approximate surface area is 192 Å². The molecular weight excluding hydrogens is 474 g/mol. The number of fused-ring (bicyclic) bond motifs is 1. The number of hydrazone groups is 1. The first kappa shape index (κ1) is 21.6. The van der Waals surface area contributed by atoms with Crippen LogP contribution < -0.4 is 5.43 Å². The van der Waals surface area contributed by atoms with Gasteiger partial charge in [0.2, 0.25) is 0 Å². The summed E-state index contributed by atoms with van der Waals surface area (Å²) in [5, 5.41) is 14.3. The molecule has 2 N–H and O–H groups in total. The fourth-order valence-corrected chi connectivity index (χ4v) is 4.11. The van der Waals surface area contributed by atoms with E-state index >= 15 is 0 Å². The molecule has 0 atom stereocenters. The second kappa shape index (κ2) is 8.47. The van der Waals surface area contributed by atoms with Crippen molar-refractivity contribution in [1.82, 2.24) is 9.99 Å². The lowest BCUT2D eigenvalue weighted by Gasteiger charge is -2.14. The maximum Gasteiger partial charge on any atom is 0.336 e. The number of hydrogen-bond acceptors (Lipinski definition) is 4. The Morgan fingerprint density at radius 1 is 1.12 bits per heavy atom. The molecule has 0 radical (unpaired) electrons. The van der Waals surface area contributed by atoms with E-state index in [-0.39, 0.29) is 11.3 Å². The number of benzene rings is 2. The number of aromatic nitrogens is 1. The molecule has 2 aromatic carbocycles. The number of furan rings is 1. The summed E-state index contributed by atoms with van der Waals surface area (Å²) in [6.45, 7) is 5.64. The highest BCUT2D eigenvalue weighted by Crippen LogP contribution is 2.25. The zero-order chi connectivity index (χ0) is 23.0. The quantitative estimate of drug-likeness (QED) is 0.288. The number of amides is 1. The van der Waals surface area contributed by atoms with Gasteiger partial charge >= 0.3 is 11.9 Å². The van der Waals surface area contributed by atoms with Crippen LogP contribution in [0.15, 0.2) is 62.5 Å². The van der Waals surface area contributed by atoms with Crippen LogP contribution in [0.4, 0.5) is 0 Å². The summed E-state index contributed by atoms with van der Waals surface area (Å²) < 4.78 is 8.45. The fraction of sp³-hybridized carbons (Fsp3) is 0.125. The van der Waals surface area contributed by atoms with Gasteiger partial charge in [0.15, 0.2) is 5.76 Å². The van der Waals surface area contributed by atoms with Crippen LogP contribution in [0.1, 0.15) is 43.4 Å². The molecule has 162 valence electrons. The van der Waals surface area contributed by atoms with E-state index in [0.29, 0.717) is 11.1 Å². The molecule has 0 spiro atoms. The van der Waals surface area contributed by atoms with Gasteiger partial charge in [-0.2, -0.15) is 5.10 Å². The van der Waals surface area contributed by atoms with Gasteiger partial charge in [-0.1, -0.05) is 22.0 Å². The Morgan fingerprint density at radius 3 is 2.66 bits per heavy atom.